The number of benzene rings is 2. The number of fused-ring (bicyclic) bond motifs is 3. The van der Waals surface area contributed by atoms with E-state index in [0.717, 1.165) is 28.2 Å². The van der Waals surface area contributed by atoms with Crippen molar-refractivity contribution >= 4 is 11.7 Å². The van der Waals surface area contributed by atoms with Gasteiger partial charge in [-0.1, -0.05) is 44.2 Å². The number of aryl methyl sites for hydroxylation is 1. The Kier molecular flexibility index (Phi) is 4.71. The van der Waals surface area contributed by atoms with Crippen LogP contribution in [0.1, 0.15) is 42.3 Å². The van der Waals surface area contributed by atoms with Gasteiger partial charge in [0.15, 0.2) is 0 Å². The van der Waals surface area contributed by atoms with E-state index in [4.69, 9.17) is 0 Å². The van der Waals surface area contributed by atoms with Gasteiger partial charge >= 0.3 is 6.03 Å². The predicted molar refractivity (Wildman–Crippen MR) is 114 cm³/mol. The molecule has 2 aromatic carbocycles. The molecule has 3 aromatic rings. The molecule has 0 saturated carbocycles. The number of aromatic nitrogens is 1. The Balaban J connectivity index is 1.77. The van der Waals surface area contributed by atoms with Gasteiger partial charge in [0.05, 0.1) is 18.3 Å². The lowest BCUT2D eigenvalue weighted by Crippen LogP contribution is -2.39. The first-order chi connectivity index (χ1) is 13.5. The maximum atomic E-state index is 13.4. The van der Waals surface area contributed by atoms with Gasteiger partial charge in [-0.25, -0.2) is 4.79 Å². The number of para-hydroxylation sites is 1. The highest BCUT2D eigenvalue weighted by atomic mass is 16.2. The number of amides is 2. The number of rotatable bonds is 2. The molecule has 1 atom stereocenters. The van der Waals surface area contributed by atoms with Crippen LogP contribution in [0.3, 0.4) is 0 Å². The Morgan fingerprint density at radius 2 is 1.82 bits per heavy atom. The first kappa shape index (κ1) is 18.4. The molecule has 1 N–H and O–H groups in total. The number of anilines is 1. The SMILES string of the molecule is Cc1cccc(NC(=O)N2Cc3ccccc3-n3cccc3[C@H]2C(C)C)c1C. The second-order valence-electron chi connectivity index (χ2n) is 7.93. The summed E-state index contributed by atoms with van der Waals surface area (Å²) in [6.07, 6.45) is 2.09. The van der Waals surface area contributed by atoms with Crippen LogP contribution in [0, 0.1) is 19.8 Å². The van der Waals surface area contributed by atoms with Gasteiger partial charge in [0.1, 0.15) is 0 Å². The third kappa shape index (κ3) is 3.09. The quantitative estimate of drug-likeness (QED) is 0.602. The minimum atomic E-state index is -0.0585. The van der Waals surface area contributed by atoms with E-state index >= 15 is 0 Å². The van der Waals surface area contributed by atoms with E-state index in [1.807, 2.05) is 30.0 Å². The fourth-order valence-corrected chi connectivity index (χ4v) is 4.15. The monoisotopic (exact) mass is 373 g/mol. The summed E-state index contributed by atoms with van der Waals surface area (Å²) < 4.78 is 2.23. The Bertz CT molecular complexity index is 1020. The lowest BCUT2D eigenvalue weighted by Gasteiger charge is -2.33. The zero-order valence-electron chi connectivity index (χ0n) is 16.9. The maximum absolute atomic E-state index is 13.4. The summed E-state index contributed by atoms with van der Waals surface area (Å²) in [6, 6.07) is 18.5. The number of carbonyl (C=O) groups excluding carboxylic acids is 1. The van der Waals surface area contributed by atoms with Crippen molar-refractivity contribution in [2.75, 3.05) is 5.32 Å². The Hall–Kier alpha value is -3.01. The van der Waals surface area contributed by atoms with E-state index < -0.39 is 0 Å². The van der Waals surface area contributed by atoms with Crippen LogP contribution < -0.4 is 5.32 Å². The summed E-state index contributed by atoms with van der Waals surface area (Å²) >= 11 is 0. The second-order valence-corrected chi connectivity index (χ2v) is 7.93. The minimum Gasteiger partial charge on any atom is -0.318 e. The van der Waals surface area contributed by atoms with Crippen molar-refractivity contribution in [2.45, 2.75) is 40.3 Å². The van der Waals surface area contributed by atoms with Crippen LogP contribution in [0.2, 0.25) is 0 Å². The van der Waals surface area contributed by atoms with Crippen LogP contribution in [0.4, 0.5) is 10.5 Å². The molecular formula is C24H27N3O. The van der Waals surface area contributed by atoms with Gasteiger partial charge in [0.2, 0.25) is 0 Å². The lowest BCUT2D eigenvalue weighted by molar-refractivity contribution is 0.162. The van der Waals surface area contributed by atoms with Crippen LogP contribution >= 0.6 is 0 Å². The van der Waals surface area contributed by atoms with E-state index in [9.17, 15) is 4.79 Å². The van der Waals surface area contributed by atoms with Crippen molar-refractivity contribution in [2.24, 2.45) is 5.92 Å². The first-order valence-corrected chi connectivity index (χ1v) is 9.86. The molecule has 0 fully saturated rings. The standard InChI is InChI=1S/C24H27N3O/c1-16(2)23-22-13-8-14-26(22)21-12-6-5-10-19(21)15-27(23)24(28)25-20-11-7-9-17(3)18(20)4/h5-14,16,23H,15H2,1-4H3,(H,25,28)/t23-/m1/s1. The molecule has 144 valence electrons. The minimum absolute atomic E-state index is 0.00693. The maximum Gasteiger partial charge on any atom is 0.322 e. The molecule has 28 heavy (non-hydrogen) atoms. The number of urea groups is 1. The lowest BCUT2D eigenvalue weighted by atomic mass is 9.99. The van der Waals surface area contributed by atoms with Crippen molar-refractivity contribution < 1.29 is 4.79 Å². The van der Waals surface area contributed by atoms with Crippen molar-refractivity contribution in [3.05, 3.63) is 83.2 Å². The van der Waals surface area contributed by atoms with E-state index in [-0.39, 0.29) is 18.0 Å². The normalized spacial score (nSPS) is 15.8. The topological polar surface area (TPSA) is 37.3 Å². The summed E-state index contributed by atoms with van der Waals surface area (Å²) in [7, 11) is 0. The number of hydrogen-bond donors (Lipinski definition) is 1. The highest BCUT2D eigenvalue weighted by molar-refractivity contribution is 5.90. The molecule has 1 aliphatic heterocycles. The van der Waals surface area contributed by atoms with Gasteiger partial charge < -0.3 is 14.8 Å². The van der Waals surface area contributed by atoms with Crippen LogP contribution in [0.25, 0.3) is 5.69 Å². The number of carbonyl (C=O) groups is 1. The van der Waals surface area contributed by atoms with Crippen molar-refractivity contribution in [3.8, 4) is 5.69 Å². The van der Waals surface area contributed by atoms with E-state index in [1.165, 1.54) is 5.56 Å². The van der Waals surface area contributed by atoms with Gasteiger partial charge in [0.25, 0.3) is 0 Å². The highest BCUT2D eigenvalue weighted by Gasteiger charge is 2.33. The zero-order valence-corrected chi connectivity index (χ0v) is 16.9. The molecule has 0 bridgehead atoms. The first-order valence-electron chi connectivity index (χ1n) is 9.86. The number of nitrogens with one attached hydrogen (secondary N) is 1. The fourth-order valence-electron chi connectivity index (χ4n) is 4.15. The summed E-state index contributed by atoms with van der Waals surface area (Å²) in [5.41, 5.74) is 6.61. The predicted octanol–water partition coefficient (Wildman–Crippen LogP) is 5.84. The summed E-state index contributed by atoms with van der Waals surface area (Å²) in [6.45, 7) is 9.05. The highest BCUT2D eigenvalue weighted by Crippen LogP contribution is 2.37. The van der Waals surface area contributed by atoms with Gasteiger partial charge in [-0.15, -0.1) is 0 Å². The second kappa shape index (κ2) is 7.19. The molecule has 2 amide bonds. The molecule has 4 heteroatoms. The summed E-state index contributed by atoms with van der Waals surface area (Å²) in [4.78, 5) is 15.4. The summed E-state index contributed by atoms with van der Waals surface area (Å²) in [5, 5.41) is 3.16. The average molecular weight is 374 g/mol. The zero-order chi connectivity index (χ0) is 19.8. The van der Waals surface area contributed by atoms with Crippen LogP contribution in [0.15, 0.2) is 60.8 Å². The average Bonchev–Trinajstić information content (AvgIpc) is 3.09. The molecule has 4 nitrogen and oxygen atoms in total. The van der Waals surface area contributed by atoms with Crippen LogP contribution in [-0.4, -0.2) is 15.5 Å². The molecule has 0 aliphatic carbocycles. The van der Waals surface area contributed by atoms with Gasteiger partial charge in [-0.3, -0.25) is 0 Å². The molecule has 1 aliphatic rings. The molecular weight excluding hydrogens is 346 g/mol. The number of hydrogen-bond acceptors (Lipinski definition) is 1. The van der Waals surface area contributed by atoms with Gasteiger partial charge in [-0.2, -0.15) is 0 Å². The van der Waals surface area contributed by atoms with Crippen LogP contribution in [-0.2, 0) is 6.54 Å². The Morgan fingerprint density at radius 3 is 2.61 bits per heavy atom. The van der Waals surface area contributed by atoms with Crippen molar-refractivity contribution in [1.29, 1.82) is 0 Å². The fraction of sp³-hybridized carbons (Fsp3) is 0.292. The van der Waals surface area contributed by atoms with E-state index in [0.29, 0.717) is 6.54 Å². The molecule has 0 unspecified atom stereocenters. The Morgan fingerprint density at radius 1 is 1.04 bits per heavy atom. The molecule has 2 heterocycles. The van der Waals surface area contributed by atoms with E-state index in [1.54, 1.807) is 0 Å². The van der Waals surface area contributed by atoms with Crippen molar-refractivity contribution in [3.63, 3.8) is 0 Å². The largest absolute Gasteiger partial charge is 0.322 e. The van der Waals surface area contributed by atoms with Gasteiger partial charge in [0, 0.05) is 17.6 Å². The van der Waals surface area contributed by atoms with Crippen LogP contribution in [0.5, 0.6) is 0 Å². The van der Waals surface area contributed by atoms with Crippen molar-refractivity contribution in [1.82, 2.24) is 9.47 Å². The van der Waals surface area contributed by atoms with Gasteiger partial charge in [-0.05, 0) is 60.7 Å². The molecule has 4 rings (SSSR count). The third-order valence-electron chi connectivity index (χ3n) is 5.75. The Labute approximate surface area is 166 Å². The molecule has 0 saturated heterocycles. The summed E-state index contributed by atoms with van der Waals surface area (Å²) in [5.74, 6) is 0.285. The smallest absolute Gasteiger partial charge is 0.318 e. The van der Waals surface area contributed by atoms with E-state index in [2.05, 4.69) is 73.3 Å². The molecule has 0 spiro atoms. The molecule has 1 aromatic heterocycles. The molecule has 0 radical (unpaired) electrons. The number of nitrogens with zero attached hydrogens (tertiary/aromatic N) is 2. The third-order valence-corrected chi connectivity index (χ3v) is 5.75.